The van der Waals surface area contributed by atoms with E-state index in [0.29, 0.717) is 10.4 Å². The third-order valence-electron chi connectivity index (χ3n) is 1.73. The number of nitrogens with zero attached hydrogens (tertiary/aromatic N) is 2. The number of aromatic nitrogens is 2. The summed E-state index contributed by atoms with van der Waals surface area (Å²) in [6, 6.07) is 5.73. The van der Waals surface area contributed by atoms with Crippen LogP contribution in [0.2, 0.25) is 0 Å². The molecule has 0 unspecified atom stereocenters. The molecule has 0 saturated carbocycles. The first-order valence-corrected chi connectivity index (χ1v) is 5.50. The first kappa shape index (κ1) is 10.0. The zero-order valence-electron chi connectivity index (χ0n) is 6.96. The molecule has 0 aliphatic rings. The van der Waals surface area contributed by atoms with E-state index in [9.17, 15) is 0 Å². The average Bonchev–Trinajstić information content (AvgIpc) is 2.16. The molecule has 1 heterocycles. The molecule has 1 aromatic heterocycles. The Morgan fingerprint density at radius 3 is 2.86 bits per heavy atom. The van der Waals surface area contributed by atoms with Gasteiger partial charge in [0.25, 0.3) is 0 Å². The lowest BCUT2D eigenvalue weighted by molar-refractivity contribution is 1.27. The molecular formula is C9H5BrClN2P. The molecule has 5 heteroatoms. The van der Waals surface area contributed by atoms with Crippen molar-refractivity contribution in [2.45, 2.75) is 0 Å². The molecule has 14 heavy (non-hydrogen) atoms. The molecule has 70 valence electrons. The predicted molar refractivity (Wildman–Crippen MR) is 65.5 cm³/mol. The fourth-order valence-corrected chi connectivity index (χ4v) is 1.65. The Labute approximate surface area is 96.7 Å². The summed E-state index contributed by atoms with van der Waals surface area (Å²) in [5.74, 6) is 0. The molecule has 0 fully saturated rings. The summed E-state index contributed by atoms with van der Waals surface area (Å²) in [5, 5.41) is 0. The summed E-state index contributed by atoms with van der Waals surface area (Å²) in [7, 11) is 3.20. The van der Waals surface area contributed by atoms with Crippen LogP contribution < -0.4 is 0 Å². The van der Waals surface area contributed by atoms with E-state index in [1.54, 1.807) is 6.20 Å². The van der Waals surface area contributed by atoms with Gasteiger partial charge in [-0.25, -0.2) is 4.98 Å². The Morgan fingerprint density at radius 1 is 1.36 bits per heavy atom. The third kappa shape index (κ3) is 1.95. The number of halogens is 2. The SMILES string of the molecule is P=C(Cl)c1cnc2ccc(Br)cc2n1. The summed E-state index contributed by atoms with van der Waals surface area (Å²) in [4.78, 5) is 8.55. The van der Waals surface area contributed by atoms with Gasteiger partial charge in [0.2, 0.25) is 0 Å². The van der Waals surface area contributed by atoms with Crippen molar-refractivity contribution < 1.29 is 0 Å². The van der Waals surface area contributed by atoms with Gasteiger partial charge < -0.3 is 0 Å². The molecule has 2 rings (SSSR count). The van der Waals surface area contributed by atoms with Gasteiger partial charge in [-0.05, 0) is 18.2 Å². The van der Waals surface area contributed by atoms with Crippen LogP contribution in [0.4, 0.5) is 0 Å². The first-order valence-electron chi connectivity index (χ1n) is 3.83. The molecule has 0 saturated heterocycles. The highest BCUT2D eigenvalue weighted by atomic mass is 79.9. The van der Waals surface area contributed by atoms with E-state index in [2.05, 4.69) is 34.8 Å². The zero-order valence-corrected chi connectivity index (χ0v) is 10.3. The minimum absolute atomic E-state index is 0.458. The second kappa shape index (κ2) is 3.93. The second-order valence-electron chi connectivity index (χ2n) is 2.70. The van der Waals surface area contributed by atoms with Crippen LogP contribution in [0.15, 0.2) is 28.9 Å². The molecule has 0 aliphatic heterocycles. The smallest absolute Gasteiger partial charge is 0.105 e. The summed E-state index contributed by atoms with van der Waals surface area (Å²) >= 11 is 9.13. The van der Waals surface area contributed by atoms with Crippen molar-refractivity contribution in [2.75, 3.05) is 0 Å². The maximum absolute atomic E-state index is 5.76. The molecule has 1 aromatic carbocycles. The maximum Gasteiger partial charge on any atom is 0.105 e. The summed E-state index contributed by atoms with van der Waals surface area (Å²) in [5.41, 5.74) is 2.30. The summed E-state index contributed by atoms with van der Waals surface area (Å²) < 4.78 is 1.43. The third-order valence-corrected chi connectivity index (χ3v) is 2.67. The monoisotopic (exact) mass is 286 g/mol. The predicted octanol–water partition coefficient (Wildman–Crippen LogP) is 3.25. The highest BCUT2D eigenvalue weighted by molar-refractivity contribution is 9.10. The molecule has 0 bridgehead atoms. The average molecular weight is 287 g/mol. The Hall–Kier alpha value is -0.500. The lowest BCUT2D eigenvalue weighted by Crippen LogP contribution is -1.94. The lowest BCUT2D eigenvalue weighted by atomic mass is 10.3. The van der Waals surface area contributed by atoms with Gasteiger partial charge in [0.1, 0.15) is 5.69 Å². The van der Waals surface area contributed by atoms with Gasteiger partial charge in [-0.2, -0.15) is 0 Å². The van der Waals surface area contributed by atoms with Crippen LogP contribution in [0.3, 0.4) is 0 Å². The molecule has 0 aliphatic carbocycles. The topological polar surface area (TPSA) is 25.8 Å². The molecule has 0 atom stereocenters. The van der Waals surface area contributed by atoms with Crippen LogP contribution in [0, 0.1) is 0 Å². The van der Waals surface area contributed by atoms with Crippen LogP contribution in [0.25, 0.3) is 11.0 Å². The van der Waals surface area contributed by atoms with Crippen molar-refractivity contribution in [1.82, 2.24) is 9.97 Å². The van der Waals surface area contributed by atoms with Crippen molar-refractivity contribution in [3.05, 3.63) is 34.6 Å². The van der Waals surface area contributed by atoms with E-state index < -0.39 is 0 Å². The summed E-state index contributed by atoms with van der Waals surface area (Å²) in [6.07, 6.45) is 1.63. The van der Waals surface area contributed by atoms with Crippen LogP contribution >= 0.6 is 36.4 Å². The molecule has 0 radical (unpaired) electrons. The fourth-order valence-electron chi connectivity index (χ4n) is 1.09. The van der Waals surface area contributed by atoms with E-state index in [-0.39, 0.29) is 0 Å². The largest absolute Gasteiger partial charge is 0.252 e. The van der Waals surface area contributed by atoms with Crippen molar-refractivity contribution in [2.24, 2.45) is 0 Å². The molecule has 0 N–H and O–H groups in total. The van der Waals surface area contributed by atoms with Crippen LogP contribution in [-0.4, -0.2) is 14.7 Å². The number of hydrogen-bond donors (Lipinski definition) is 0. The Bertz CT molecular complexity index is 515. The quantitative estimate of drug-likeness (QED) is 0.752. The van der Waals surface area contributed by atoms with Crippen molar-refractivity contribution in [3.63, 3.8) is 0 Å². The normalized spacial score (nSPS) is 10.4. The number of fused-ring (bicyclic) bond motifs is 1. The minimum atomic E-state index is 0.458. The second-order valence-corrected chi connectivity index (χ2v) is 4.81. The molecular weight excluding hydrogens is 282 g/mol. The highest BCUT2D eigenvalue weighted by Gasteiger charge is 2.01. The Balaban J connectivity index is 2.69. The van der Waals surface area contributed by atoms with Gasteiger partial charge in [0, 0.05) is 4.47 Å². The molecule has 0 spiro atoms. The van der Waals surface area contributed by atoms with Crippen molar-refractivity contribution >= 4 is 52.2 Å². The van der Waals surface area contributed by atoms with E-state index >= 15 is 0 Å². The van der Waals surface area contributed by atoms with Gasteiger partial charge in [-0.3, -0.25) is 4.98 Å². The van der Waals surface area contributed by atoms with Crippen LogP contribution in [0.1, 0.15) is 5.69 Å². The van der Waals surface area contributed by atoms with Crippen molar-refractivity contribution in [3.8, 4) is 0 Å². The van der Waals surface area contributed by atoms with Crippen LogP contribution in [-0.2, 0) is 0 Å². The van der Waals surface area contributed by atoms with Gasteiger partial charge in [0.05, 0.1) is 22.0 Å². The molecule has 2 aromatic rings. The van der Waals surface area contributed by atoms with Gasteiger partial charge >= 0.3 is 0 Å². The highest BCUT2D eigenvalue weighted by Crippen LogP contribution is 2.17. The van der Waals surface area contributed by atoms with Crippen LogP contribution in [0.5, 0.6) is 0 Å². The standard InChI is InChI=1S/C9H5BrClN2P/c10-5-1-2-6-7(3-5)13-8(4-12-6)9(11)14/h1-4,14H. The van der Waals surface area contributed by atoms with E-state index in [0.717, 1.165) is 15.5 Å². The number of hydrogen-bond acceptors (Lipinski definition) is 2. The maximum atomic E-state index is 5.76. The van der Waals surface area contributed by atoms with Gasteiger partial charge in [-0.15, -0.1) is 0 Å². The first-order chi connectivity index (χ1) is 6.66. The summed E-state index contributed by atoms with van der Waals surface area (Å²) in [6.45, 7) is 0. The number of rotatable bonds is 1. The zero-order chi connectivity index (χ0) is 10.1. The minimum Gasteiger partial charge on any atom is -0.252 e. The molecule has 2 nitrogen and oxygen atoms in total. The van der Waals surface area contributed by atoms with E-state index in [1.165, 1.54) is 0 Å². The Kier molecular flexibility index (Phi) is 2.82. The lowest BCUT2D eigenvalue weighted by Gasteiger charge is -1.99. The van der Waals surface area contributed by atoms with Gasteiger partial charge in [-0.1, -0.05) is 36.4 Å². The van der Waals surface area contributed by atoms with Gasteiger partial charge in [0.15, 0.2) is 0 Å². The van der Waals surface area contributed by atoms with Crippen molar-refractivity contribution in [1.29, 1.82) is 0 Å². The van der Waals surface area contributed by atoms with E-state index in [4.69, 9.17) is 11.6 Å². The molecule has 0 amide bonds. The number of benzene rings is 1. The fraction of sp³-hybridized carbons (Fsp3) is 0. The van der Waals surface area contributed by atoms with E-state index in [1.807, 2.05) is 18.2 Å². The Morgan fingerprint density at radius 2 is 2.14 bits per heavy atom.